The summed E-state index contributed by atoms with van der Waals surface area (Å²) in [4.78, 5) is 17.2. The minimum Gasteiger partial charge on any atom is -0.496 e. The highest BCUT2D eigenvalue weighted by Crippen LogP contribution is 2.37. The van der Waals surface area contributed by atoms with Crippen LogP contribution in [0.5, 0.6) is 17.2 Å². The van der Waals surface area contributed by atoms with E-state index in [-0.39, 0.29) is 35.1 Å². The summed E-state index contributed by atoms with van der Waals surface area (Å²) >= 11 is 0. The van der Waals surface area contributed by atoms with Gasteiger partial charge in [0.05, 0.1) is 31.7 Å². The summed E-state index contributed by atoms with van der Waals surface area (Å²) in [5.41, 5.74) is 1.63. The van der Waals surface area contributed by atoms with Crippen LogP contribution >= 0.6 is 0 Å². The van der Waals surface area contributed by atoms with Crippen molar-refractivity contribution in [2.45, 2.75) is 57.3 Å². The number of carbonyl (C=O) groups is 1. The van der Waals surface area contributed by atoms with Crippen molar-refractivity contribution in [3.05, 3.63) is 42.2 Å². The number of methoxy groups -OCH3 is 1. The van der Waals surface area contributed by atoms with Crippen molar-refractivity contribution in [2.75, 3.05) is 13.7 Å². The third-order valence-corrected chi connectivity index (χ3v) is 6.76. The number of amides is 1. The summed E-state index contributed by atoms with van der Waals surface area (Å²) < 4.78 is 44.3. The van der Waals surface area contributed by atoms with E-state index in [2.05, 4.69) is 10.3 Å². The number of aliphatic hydroxyl groups excluding tert-OH is 1. The summed E-state index contributed by atoms with van der Waals surface area (Å²) in [5.74, 6) is 0.0886. The summed E-state index contributed by atoms with van der Waals surface area (Å²) in [6.45, 7) is -2.68. The predicted octanol–water partition coefficient (Wildman–Crippen LogP) is 4.43. The second-order valence-electron chi connectivity index (χ2n) is 9.33. The van der Waals surface area contributed by atoms with E-state index in [9.17, 15) is 18.7 Å². The van der Waals surface area contributed by atoms with Gasteiger partial charge in [-0.2, -0.15) is 8.78 Å². The van der Waals surface area contributed by atoms with Gasteiger partial charge >= 0.3 is 6.61 Å². The summed E-state index contributed by atoms with van der Waals surface area (Å²) in [7, 11) is 1.38. The van der Waals surface area contributed by atoms with E-state index in [1.165, 1.54) is 13.2 Å². The van der Waals surface area contributed by atoms with Gasteiger partial charge in [-0.25, -0.2) is 4.98 Å². The second kappa shape index (κ2) is 10.3. The highest BCUT2D eigenvalue weighted by atomic mass is 19.3. The van der Waals surface area contributed by atoms with Crippen LogP contribution in [-0.2, 0) is 0 Å². The number of carbonyl (C=O) groups excluding carboxylic acids is 1. The molecule has 2 aliphatic rings. The summed E-state index contributed by atoms with van der Waals surface area (Å²) in [6, 6.07) is 6.62. The average molecular weight is 502 g/mol. The van der Waals surface area contributed by atoms with Crippen LogP contribution in [0.25, 0.3) is 16.9 Å². The number of hydrogen-bond donors (Lipinski definition) is 2. The normalized spacial score (nSPS) is 19.9. The van der Waals surface area contributed by atoms with Crippen LogP contribution in [0.4, 0.5) is 8.78 Å². The number of aliphatic hydroxyl groups is 1. The fraction of sp³-hybridized carbons (Fsp3) is 0.462. The minimum atomic E-state index is -3.11. The Hall–Kier alpha value is -3.40. The number of fused-ring (bicyclic) bond motifs is 1. The fourth-order valence-corrected chi connectivity index (χ4v) is 4.65. The molecule has 10 heteroatoms. The molecule has 5 rings (SSSR count). The van der Waals surface area contributed by atoms with Gasteiger partial charge in [-0.1, -0.05) is 12.8 Å². The number of rotatable bonds is 9. The molecule has 2 aromatic heterocycles. The van der Waals surface area contributed by atoms with E-state index < -0.39 is 12.5 Å². The third kappa shape index (κ3) is 5.23. The lowest BCUT2D eigenvalue weighted by Gasteiger charge is -2.27. The maximum Gasteiger partial charge on any atom is 0.387 e. The van der Waals surface area contributed by atoms with E-state index in [1.54, 1.807) is 35.0 Å². The Labute approximate surface area is 207 Å². The average Bonchev–Trinajstić information content (AvgIpc) is 3.57. The van der Waals surface area contributed by atoms with Crippen LogP contribution in [0.3, 0.4) is 0 Å². The van der Waals surface area contributed by atoms with E-state index in [0.29, 0.717) is 29.3 Å². The van der Waals surface area contributed by atoms with E-state index >= 15 is 0 Å². The number of aromatic nitrogens is 2. The lowest BCUT2D eigenvalue weighted by molar-refractivity contribution is -0.0502. The maximum atomic E-state index is 13.2. The molecular formula is C26H29F2N3O5. The zero-order valence-corrected chi connectivity index (χ0v) is 20.0. The predicted molar refractivity (Wildman–Crippen MR) is 128 cm³/mol. The molecule has 2 saturated carbocycles. The number of nitrogens with one attached hydrogen (secondary N) is 1. The van der Waals surface area contributed by atoms with Gasteiger partial charge in [0.25, 0.3) is 5.91 Å². The topological polar surface area (TPSA) is 94.3 Å². The smallest absolute Gasteiger partial charge is 0.387 e. The van der Waals surface area contributed by atoms with Crippen molar-refractivity contribution < 1.29 is 32.9 Å². The first-order chi connectivity index (χ1) is 17.4. The van der Waals surface area contributed by atoms with Crippen molar-refractivity contribution in [3.8, 4) is 28.5 Å². The molecule has 0 bridgehead atoms. The molecular weight excluding hydrogens is 472 g/mol. The number of ether oxygens (including phenoxy) is 3. The van der Waals surface area contributed by atoms with Gasteiger partial charge in [0.15, 0.2) is 0 Å². The van der Waals surface area contributed by atoms with Crippen LogP contribution < -0.4 is 19.5 Å². The number of hydrogen-bond acceptors (Lipinski definition) is 6. The van der Waals surface area contributed by atoms with Crippen molar-refractivity contribution in [2.24, 2.45) is 5.92 Å². The van der Waals surface area contributed by atoms with E-state index in [4.69, 9.17) is 14.2 Å². The van der Waals surface area contributed by atoms with Gasteiger partial charge < -0.3 is 24.6 Å². The Bertz CT molecular complexity index is 1240. The van der Waals surface area contributed by atoms with Crippen molar-refractivity contribution in [3.63, 3.8) is 0 Å². The number of alkyl halides is 2. The molecule has 0 aliphatic heterocycles. The van der Waals surface area contributed by atoms with Crippen LogP contribution in [-0.4, -0.2) is 52.9 Å². The standard InChI is InChI=1S/C26H29F2N3O5/c1-34-21-10-16(11-22(36-26(27)28)24(21)25(33)30-17-6-7-17)19-13-29-23-12-18(8-9-31(19)23)35-14-15-4-2-3-5-20(15)32/h8-13,15,17,20,26,32H,2-7,14H2,1H3,(H,30,33)/t15-,20+/m0/s1. The zero-order valence-electron chi connectivity index (χ0n) is 20.0. The second-order valence-corrected chi connectivity index (χ2v) is 9.33. The Kier molecular flexibility index (Phi) is 6.95. The molecule has 1 amide bonds. The fourth-order valence-electron chi connectivity index (χ4n) is 4.65. The Morgan fingerprint density at radius 2 is 1.97 bits per heavy atom. The molecule has 0 spiro atoms. The lowest BCUT2D eigenvalue weighted by atomic mass is 9.87. The molecule has 8 nitrogen and oxygen atoms in total. The minimum absolute atomic E-state index is 0.0397. The number of nitrogens with zero attached hydrogens (tertiary/aromatic N) is 2. The Balaban J connectivity index is 1.43. The molecule has 0 saturated heterocycles. The van der Waals surface area contributed by atoms with Gasteiger partial charge in [-0.05, 0) is 43.9 Å². The van der Waals surface area contributed by atoms with Crippen LogP contribution in [0.1, 0.15) is 48.9 Å². The molecule has 3 aromatic rings. The first-order valence-electron chi connectivity index (χ1n) is 12.2. The molecule has 36 heavy (non-hydrogen) atoms. The zero-order chi connectivity index (χ0) is 25.2. The van der Waals surface area contributed by atoms with Gasteiger partial charge in [0.2, 0.25) is 0 Å². The van der Waals surface area contributed by atoms with Crippen LogP contribution in [0.2, 0.25) is 0 Å². The molecule has 2 fully saturated rings. The molecule has 1 aromatic carbocycles. The van der Waals surface area contributed by atoms with Crippen molar-refractivity contribution >= 4 is 11.6 Å². The van der Waals surface area contributed by atoms with E-state index in [1.807, 2.05) is 0 Å². The SMILES string of the molecule is COc1cc(-c2cnc3cc(OC[C@@H]4CCCC[C@H]4O)ccn23)cc(OC(F)F)c1C(=O)NC1CC1. The molecule has 2 N–H and O–H groups in total. The highest BCUT2D eigenvalue weighted by molar-refractivity contribution is 6.01. The summed E-state index contributed by atoms with van der Waals surface area (Å²) in [5, 5.41) is 13.0. The Morgan fingerprint density at radius 3 is 2.69 bits per heavy atom. The highest BCUT2D eigenvalue weighted by Gasteiger charge is 2.29. The number of benzene rings is 1. The molecule has 2 atom stereocenters. The Morgan fingerprint density at radius 1 is 1.19 bits per heavy atom. The molecule has 2 heterocycles. The van der Waals surface area contributed by atoms with Gasteiger partial charge in [0.1, 0.15) is 28.5 Å². The van der Waals surface area contributed by atoms with Crippen molar-refractivity contribution in [1.29, 1.82) is 0 Å². The summed E-state index contributed by atoms with van der Waals surface area (Å²) in [6.07, 6.45) is 8.63. The molecule has 2 aliphatic carbocycles. The maximum absolute atomic E-state index is 13.2. The van der Waals surface area contributed by atoms with Gasteiger partial charge in [-0.3, -0.25) is 9.20 Å². The largest absolute Gasteiger partial charge is 0.496 e. The number of imidazole rings is 1. The molecule has 0 radical (unpaired) electrons. The monoisotopic (exact) mass is 501 g/mol. The molecule has 0 unspecified atom stereocenters. The molecule has 192 valence electrons. The van der Waals surface area contributed by atoms with Crippen molar-refractivity contribution in [1.82, 2.24) is 14.7 Å². The third-order valence-electron chi connectivity index (χ3n) is 6.76. The van der Waals surface area contributed by atoms with Gasteiger partial charge in [-0.15, -0.1) is 0 Å². The van der Waals surface area contributed by atoms with Gasteiger partial charge in [0, 0.05) is 29.8 Å². The first-order valence-corrected chi connectivity index (χ1v) is 12.2. The first kappa shape index (κ1) is 24.3. The lowest BCUT2D eigenvalue weighted by Crippen LogP contribution is -2.29. The quantitative estimate of drug-likeness (QED) is 0.451. The van der Waals surface area contributed by atoms with E-state index in [0.717, 1.165) is 38.5 Å². The number of halogens is 2. The number of pyridine rings is 1. The van der Waals surface area contributed by atoms with Crippen LogP contribution in [0.15, 0.2) is 36.7 Å². The van der Waals surface area contributed by atoms with Crippen LogP contribution in [0, 0.1) is 5.92 Å².